The number of allylic oxidation sites excluding steroid dienone is 10. The predicted octanol–water partition coefficient (Wildman–Crippen LogP) is 12.0. The molecule has 0 fully saturated rings. The molecule has 1 unspecified atom stereocenters. The normalized spacial score (nSPS) is 14.3. The maximum absolute atomic E-state index is 12.6. The van der Waals surface area contributed by atoms with Gasteiger partial charge in [-0.15, -0.1) is 0 Å². The summed E-state index contributed by atoms with van der Waals surface area (Å²) in [6, 6.07) is -1.53. The van der Waals surface area contributed by atoms with E-state index in [1.54, 1.807) is 0 Å². The monoisotopic (exact) mass is 838 g/mol. The number of carbonyl (C=O) groups is 3. The van der Waals surface area contributed by atoms with Gasteiger partial charge in [-0.3, -0.25) is 23.4 Å². The number of esters is 2. The molecule has 0 saturated heterocycles. The Morgan fingerprint density at radius 3 is 1.43 bits per heavy atom. The molecule has 58 heavy (non-hydrogen) atoms. The molecule has 0 bridgehead atoms. The average Bonchev–Trinajstić information content (AvgIpc) is 3.20. The molecule has 4 N–H and O–H groups in total. The summed E-state index contributed by atoms with van der Waals surface area (Å²) in [7, 11) is -4.74. The molecule has 12 heteroatoms. The van der Waals surface area contributed by atoms with Gasteiger partial charge in [0.2, 0.25) is 0 Å². The highest BCUT2D eigenvalue weighted by Gasteiger charge is 2.28. The fourth-order valence-corrected chi connectivity index (χ4v) is 6.53. The Morgan fingerprint density at radius 2 is 0.948 bits per heavy atom. The molecule has 0 spiro atoms. The molecular weight excluding hydrogens is 757 g/mol. The zero-order chi connectivity index (χ0) is 42.8. The van der Waals surface area contributed by atoms with E-state index >= 15 is 0 Å². The van der Waals surface area contributed by atoms with Crippen molar-refractivity contribution in [2.24, 2.45) is 5.73 Å². The first-order chi connectivity index (χ1) is 28.1. The quantitative estimate of drug-likeness (QED) is 0.0231. The lowest BCUT2D eigenvalue weighted by molar-refractivity contribution is -0.161. The van der Waals surface area contributed by atoms with Gasteiger partial charge in [0, 0.05) is 12.8 Å². The molecule has 0 heterocycles. The van der Waals surface area contributed by atoms with E-state index in [2.05, 4.69) is 67.0 Å². The number of carboxylic acids is 1. The van der Waals surface area contributed by atoms with Crippen molar-refractivity contribution in [3.05, 3.63) is 60.8 Å². The third-order valence-corrected chi connectivity index (χ3v) is 10.2. The van der Waals surface area contributed by atoms with E-state index in [4.69, 9.17) is 24.8 Å². The summed E-state index contributed by atoms with van der Waals surface area (Å²) in [6.07, 6.45) is 47.3. The molecular formula is C46H80NO10P. The SMILES string of the molecule is CCCCC/C=C\C/C=C\C/C=C\C/C=C\C/C=C\CCC(=O)O[C@H](COC(=O)CCCCCCCCCCCCCCCCC)COP(=O)(O)OC[C@H](N)C(=O)O. The number of ether oxygens (including phenoxy) is 2. The van der Waals surface area contributed by atoms with Gasteiger partial charge < -0.3 is 25.2 Å². The van der Waals surface area contributed by atoms with Crippen LogP contribution in [-0.2, 0) is 37.5 Å². The van der Waals surface area contributed by atoms with Gasteiger partial charge in [0.15, 0.2) is 6.10 Å². The van der Waals surface area contributed by atoms with Gasteiger partial charge in [0.1, 0.15) is 12.6 Å². The summed E-state index contributed by atoms with van der Waals surface area (Å²) in [4.78, 5) is 45.9. The number of phosphoric ester groups is 1. The third-order valence-electron chi connectivity index (χ3n) is 9.28. The van der Waals surface area contributed by atoms with Crippen LogP contribution >= 0.6 is 7.82 Å². The Hall–Kier alpha value is -2.82. The van der Waals surface area contributed by atoms with Crippen LogP contribution in [-0.4, -0.2) is 59.9 Å². The lowest BCUT2D eigenvalue weighted by Crippen LogP contribution is -2.34. The number of aliphatic carboxylic acids is 1. The summed E-state index contributed by atoms with van der Waals surface area (Å²) < 4.78 is 32.6. The van der Waals surface area contributed by atoms with Crippen LogP contribution in [0.2, 0.25) is 0 Å². The topological polar surface area (TPSA) is 172 Å². The van der Waals surface area contributed by atoms with E-state index in [0.29, 0.717) is 12.8 Å². The Morgan fingerprint density at radius 1 is 0.534 bits per heavy atom. The zero-order valence-electron chi connectivity index (χ0n) is 36.1. The minimum Gasteiger partial charge on any atom is -0.480 e. The zero-order valence-corrected chi connectivity index (χ0v) is 37.0. The molecule has 0 aliphatic rings. The van der Waals surface area contributed by atoms with E-state index < -0.39 is 51.1 Å². The van der Waals surface area contributed by atoms with Crippen molar-refractivity contribution in [1.29, 1.82) is 0 Å². The molecule has 0 amide bonds. The molecule has 0 aromatic carbocycles. The van der Waals surface area contributed by atoms with E-state index in [9.17, 15) is 23.8 Å². The number of rotatable bonds is 41. The van der Waals surface area contributed by atoms with Gasteiger partial charge in [-0.2, -0.15) is 0 Å². The summed E-state index contributed by atoms with van der Waals surface area (Å²) in [5.74, 6) is -2.48. The summed E-state index contributed by atoms with van der Waals surface area (Å²) in [6.45, 7) is 2.70. The molecule has 3 atom stereocenters. The number of unbranched alkanes of at least 4 members (excludes halogenated alkanes) is 17. The lowest BCUT2D eigenvalue weighted by Gasteiger charge is -2.20. The molecule has 0 saturated carbocycles. The van der Waals surface area contributed by atoms with Crippen molar-refractivity contribution >= 4 is 25.7 Å². The standard InChI is InChI=1S/C46H80NO10P/c1-3-5-7-9-11-13-15-17-19-20-21-22-24-26-28-30-32-34-36-38-45(49)57-42(40-55-58(52,53)56-41-43(47)46(50)51)39-54-44(48)37-35-33-31-29-27-25-23-18-16-14-12-10-8-6-4-2/h11,13,17,19,21-22,26,28,32,34,42-43H,3-10,12,14-16,18,20,23-25,27,29-31,33,35-41,47H2,1-2H3,(H,50,51)(H,52,53)/b13-11-,19-17-,22-21-,28-26-,34-32-/t42-,43+/m1/s1. The average molecular weight is 838 g/mol. The van der Waals surface area contributed by atoms with E-state index in [1.807, 2.05) is 12.2 Å². The largest absolute Gasteiger partial charge is 0.480 e. The molecule has 0 aromatic rings. The Kier molecular flexibility index (Phi) is 38.9. The molecule has 0 radical (unpaired) electrons. The second kappa shape index (κ2) is 40.9. The van der Waals surface area contributed by atoms with E-state index in [-0.39, 0.29) is 19.4 Å². The van der Waals surface area contributed by atoms with Gasteiger partial charge in [0.05, 0.1) is 13.2 Å². The Bertz CT molecular complexity index is 1210. The number of carbonyl (C=O) groups excluding carboxylic acids is 2. The van der Waals surface area contributed by atoms with Gasteiger partial charge in [-0.1, -0.05) is 177 Å². The third kappa shape index (κ3) is 40.0. The van der Waals surface area contributed by atoms with Gasteiger partial charge in [-0.05, 0) is 51.4 Å². The highest BCUT2D eigenvalue weighted by atomic mass is 31.2. The number of phosphoric acid groups is 1. The smallest absolute Gasteiger partial charge is 0.472 e. The summed E-state index contributed by atoms with van der Waals surface area (Å²) in [5, 5.41) is 8.89. The van der Waals surface area contributed by atoms with Crippen LogP contribution in [0.15, 0.2) is 60.8 Å². The van der Waals surface area contributed by atoms with Gasteiger partial charge >= 0.3 is 25.7 Å². The minimum atomic E-state index is -4.74. The highest BCUT2D eigenvalue weighted by molar-refractivity contribution is 7.47. The fraction of sp³-hybridized carbons (Fsp3) is 0.717. The van der Waals surface area contributed by atoms with Crippen molar-refractivity contribution in [2.75, 3.05) is 19.8 Å². The Labute approximate surface area is 351 Å². The molecule has 0 aromatic heterocycles. The van der Waals surface area contributed by atoms with Crippen LogP contribution < -0.4 is 5.73 Å². The van der Waals surface area contributed by atoms with E-state index in [1.165, 1.54) is 89.9 Å². The van der Waals surface area contributed by atoms with Crippen LogP contribution in [0.3, 0.4) is 0 Å². The predicted molar refractivity (Wildman–Crippen MR) is 235 cm³/mol. The van der Waals surface area contributed by atoms with Crippen LogP contribution in [0.4, 0.5) is 0 Å². The second-order valence-corrected chi connectivity index (χ2v) is 16.3. The van der Waals surface area contributed by atoms with Crippen LogP contribution in [0, 0.1) is 0 Å². The number of hydrogen-bond acceptors (Lipinski definition) is 9. The van der Waals surface area contributed by atoms with Crippen LogP contribution in [0.25, 0.3) is 0 Å². The Balaban J connectivity index is 4.48. The first-order valence-electron chi connectivity index (χ1n) is 22.3. The minimum absolute atomic E-state index is 0.0371. The lowest BCUT2D eigenvalue weighted by atomic mass is 10.0. The van der Waals surface area contributed by atoms with Crippen molar-refractivity contribution in [3.8, 4) is 0 Å². The van der Waals surface area contributed by atoms with Crippen LogP contribution in [0.1, 0.15) is 181 Å². The molecule has 334 valence electrons. The molecule has 0 rings (SSSR count). The number of nitrogens with two attached hydrogens (primary N) is 1. The fourth-order valence-electron chi connectivity index (χ4n) is 5.75. The molecule has 0 aliphatic heterocycles. The van der Waals surface area contributed by atoms with Crippen LogP contribution in [0.5, 0.6) is 0 Å². The first kappa shape index (κ1) is 55.2. The van der Waals surface area contributed by atoms with Gasteiger partial charge in [-0.25, -0.2) is 4.57 Å². The maximum Gasteiger partial charge on any atom is 0.472 e. The first-order valence-corrected chi connectivity index (χ1v) is 23.8. The highest BCUT2D eigenvalue weighted by Crippen LogP contribution is 2.43. The number of carboxylic acid groups (broad SMARTS) is 1. The van der Waals surface area contributed by atoms with Crippen molar-refractivity contribution in [2.45, 2.75) is 193 Å². The summed E-state index contributed by atoms with van der Waals surface area (Å²) >= 11 is 0. The maximum atomic E-state index is 12.6. The van der Waals surface area contributed by atoms with Crippen molar-refractivity contribution < 1.29 is 47.5 Å². The van der Waals surface area contributed by atoms with E-state index in [0.717, 1.165) is 51.4 Å². The van der Waals surface area contributed by atoms with Crippen molar-refractivity contribution in [1.82, 2.24) is 0 Å². The molecule has 0 aliphatic carbocycles. The van der Waals surface area contributed by atoms with Crippen molar-refractivity contribution in [3.63, 3.8) is 0 Å². The second-order valence-electron chi connectivity index (χ2n) is 14.8. The van der Waals surface area contributed by atoms with Gasteiger partial charge in [0.25, 0.3) is 0 Å². The summed E-state index contributed by atoms with van der Waals surface area (Å²) in [5.41, 5.74) is 5.33. The molecule has 11 nitrogen and oxygen atoms in total. The number of hydrogen-bond donors (Lipinski definition) is 3.